The van der Waals surface area contributed by atoms with Gasteiger partial charge in [0.05, 0.1) is 46.9 Å². The minimum atomic E-state index is -0.602. The number of methoxy groups -OCH3 is 1. The largest absolute Gasteiger partial charge is 0.507 e. The fraction of sp³-hybridized carbons (Fsp3) is 0.120. The molecule has 0 atom stereocenters. The molecule has 0 spiro atoms. The molecule has 4 rings (SSSR count). The number of ether oxygens (including phenoxy) is 1. The van der Waals surface area contributed by atoms with Crippen LogP contribution in [0.2, 0.25) is 10.0 Å². The van der Waals surface area contributed by atoms with Crippen LogP contribution in [-0.4, -0.2) is 49.8 Å². The van der Waals surface area contributed by atoms with Gasteiger partial charge in [0, 0.05) is 22.7 Å². The quantitative estimate of drug-likeness (QED) is 0.0925. The molecule has 206 valence electrons. The van der Waals surface area contributed by atoms with Crippen molar-refractivity contribution in [3.05, 3.63) is 92.2 Å². The van der Waals surface area contributed by atoms with Gasteiger partial charge in [-0.3, -0.25) is 19.5 Å². The highest BCUT2D eigenvalue weighted by Crippen LogP contribution is 2.30. The first-order chi connectivity index (χ1) is 19.3. The first-order valence-corrected chi connectivity index (χ1v) is 13.2. The third kappa shape index (κ3) is 7.00. The van der Waals surface area contributed by atoms with Crippen LogP contribution in [0.3, 0.4) is 0 Å². The van der Waals surface area contributed by atoms with E-state index in [1.54, 1.807) is 29.9 Å². The second kappa shape index (κ2) is 13.2. The Labute approximate surface area is 242 Å². The van der Waals surface area contributed by atoms with Crippen molar-refractivity contribution < 1.29 is 19.6 Å². The zero-order chi connectivity index (χ0) is 28.6. The van der Waals surface area contributed by atoms with Gasteiger partial charge in [0.1, 0.15) is 11.5 Å². The maximum atomic E-state index is 12.5. The summed E-state index contributed by atoms with van der Waals surface area (Å²) in [6.45, 7) is 0.260. The maximum Gasteiger partial charge on any atom is 0.270 e. The number of hydrogen-bond acceptors (Lipinski definition) is 10. The average molecular weight is 602 g/mol. The summed E-state index contributed by atoms with van der Waals surface area (Å²) in [5, 5.41) is 37.6. The van der Waals surface area contributed by atoms with E-state index in [9.17, 15) is 20.0 Å². The Balaban J connectivity index is 1.50. The smallest absolute Gasteiger partial charge is 0.270 e. The molecule has 3 aromatic carbocycles. The molecule has 0 bridgehead atoms. The second-order valence-electron chi connectivity index (χ2n) is 7.97. The van der Waals surface area contributed by atoms with Gasteiger partial charge in [-0.05, 0) is 36.4 Å². The molecular formula is C25H21Cl2N7O5S. The predicted molar refractivity (Wildman–Crippen MR) is 153 cm³/mol. The molecule has 0 aliphatic carbocycles. The van der Waals surface area contributed by atoms with E-state index in [2.05, 4.69) is 26.0 Å². The van der Waals surface area contributed by atoms with Crippen molar-refractivity contribution in [2.45, 2.75) is 11.7 Å². The number of carbonyl (C=O) groups is 1. The summed E-state index contributed by atoms with van der Waals surface area (Å²) in [5.74, 6) is 0.360. The minimum absolute atomic E-state index is 0.0754. The van der Waals surface area contributed by atoms with Crippen LogP contribution in [-0.2, 0) is 11.3 Å². The summed E-state index contributed by atoms with van der Waals surface area (Å²) < 4.78 is 7.10. The number of aromatic hydroxyl groups is 1. The number of nitrogens with zero attached hydrogens (tertiary/aromatic N) is 5. The Hall–Kier alpha value is -4.33. The van der Waals surface area contributed by atoms with Crippen molar-refractivity contribution in [3.8, 4) is 17.2 Å². The Kier molecular flexibility index (Phi) is 9.43. The second-order valence-corrected chi connectivity index (χ2v) is 9.75. The highest BCUT2D eigenvalue weighted by atomic mass is 35.5. The van der Waals surface area contributed by atoms with Gasteiger partial charge < -0.3 is 15.2 Å². The van der Waals surface area contributed by atoms with E-state index < -0.39 is 10.8 Å². The standard InChI is InChI=1S/C25H21Cl2N7O5S/c1-39-22-5-3-2-4-19(22)28-13-23-30-32-25(33(23)20-8-6-16(26)11-18(20)27)40-14-24(36)31-29-12-15-10-17(34(37)38)7-9-21(15)35/h2-12,28,35H,13-14H2,1H3,(H,31,36)/b29-12+. The van der Waals surface area contributed by atoms with Gasteiger partial charge in [0.15, 0.2) is 11.0 Å². The van der Waals surface area contributed by atoms with E-state index in [0.717, 1.165) is 35.8 Å². The van der Waals surface area contributed by atoms with Gasteiger partial charge in [-0.15, -0.1) is 10.2 Å². The first-order valence-electron chi connectivity index (χ1n) is 11.5. The summed E-state index contributed by atoms with van der Waals surface area (Å²) >= 11 is 13.7. The number of nitro benzene ring substituents is 1. The number of para-hydroxylation sites is 2. The predicted octanol–water partition coefficient (Wildman–Crippen LogP) is 5.05. The van der Waals surface area contributed by atoms with Crippen molar-refractivity contribution >= 4 is 58.5 Å². The Morgan fingerprint density at radius 1 is 1.20 bits per heavy atom. The molecule has 4 aromatic rings. The number of non-ortho nitro benzene ring substituents is 1. The summed E-state index contributed by atoms with van der Waals surface area (Å²) in [6.07, 6.45) is 1.11. The lowest BCUT2D eigenvalue weighted by Gasteiger charge is -2.14. The molecule has 0 saturated heterocycles. The number of hydrogen-bond donors (Lipinski definition) is 3. The van der Waals surface area contributed by atoms with Crippen molar-refractivity contribution in [1.29, 1.82) is 0 Å². The van der Waals surface area contributed by atoms with Crippen LogP contribution in [0.25, 0.3) is 5.69 Å². The van der Waals surface area contributed by atoms with Crippen LogP contribution in [0.1, 0.15) is 11.4 Å². The number of phenols is 1. The van der Waals surface area contributed by atoms with Gasteiger partial charge in [0.2, 0.25) is 0 Å². The lowest BCUT2D eigenvalue weighted by molar-refractivity contribution is -0.384. The minimum Gasteiger partial charge on any atom is -0.507 e. The third-order valence-electron chi connectivity index (χ3n) is 5.34. The summed E-state index contributed by atoms with van der Waals surface area (Å²) in [4.78, 5) is 22.8. The van der Waals surface area contributed by atoms with Crippen molar-refractivity contribution in [1.82, 2.24) is 20.2 Å². The normalized spacial score (nSPS) is 11.0. The molecule has 12 nitrogen and oxygen atoms in total. The summed E-state index contributed by atoms with van der Waals surface area (Å²) in [5.41, 5.74) is 3.49. The average Bonchev–Trinajstić information content (AvgIpc) is 3.34. The zero-order valence-corrected chi connectivity index (χ0v) is 23.1. The Morgan fingerprint density at radius 3 is 2.75 bits per heavy atom. The Bertz CT molecular complexity index is 1580. The van der Waals surface area contributed by atoms with Crippen molar-refractivity contribution in [2.24, 2.45) is 5.10 Å². The molecule has 0 radical (unpaired) electrons. The zero-order valence-electron chi connectivity index (χ0n) is 20.7. The number of anilines is 1. The van der Waals surface area contributed by atoms with E-state index in [-0.39, 0.29) is 29.3 Å². The molecule has 0 aliphatic heterocycles. The van der Waals surface area contributed by atoms with E-state index in [4.69, 9.17) is 27.9 Å². The number of benzene rings is 3. The molecule has 0 saturated carbocycles. The maximum absolute atomic E-state index is 12.5. The SMILES string of the molecule is COc1ccccc1NCc1nnc(SCC(=O)N/N=C/c2cc([N+](=O)[O-])ccc2O)n1-c1ccc(Cl)cc1Cl. The molecule has 0 aliphatic rings. The van der Waals surface area contributed by atoms with Gasteiger partial charge in [-0.1, -0.05) is 47.1 Å². The lowest BCUT2D eigenvalue weighted by Crippen LogP contribution is -2.20. The van der Waals surface area contributed by atoms with E-state index in [1.165, 1.54) is 6.07 Å². The van der Waals surface area contributed by atoms with E-state index in [0.29, 0.717) is 32.5 Å². The number of amides is 1. The topological polar surface area (TPSA) is 157 Å². The molecule has 1 amide bonds. The van der Waals surface area contributed by atoms with E-state index in [1.807, 2.05) is 24.3 Å². The van der Waals surface area contributed by atoms with Crippen LogP contribution < -0.4 is 15.5 Å². The third-order valence-corrected chi connectivity index (χ3v) is 6.81. The van der Waals surface area contributed by atoms with Gasteiger partial charge in [-0.25, -0.2) is 5.43 Å². The van der Waals surface area contributed by atoms with E-state index >= 15 is 0 Å². The molecule has 15 heteroatoms. The molecule has 3 N–H and O–H groups in total. The summed E-state index contributed by atoms with van der Waals surface area (Å²) in [6, 6.07) is 15.9. The van der Waals surface area contributed by atoms with Crippen LogP contribution in [0, 0.1) is 10.1 Å². The molecule has 0 fully saturated rings. The highest BCUT2D eigenvalue weighted by Gasteiger charge is 2.19. The van der Waals surface area contributed by atoms with Crippen LogP contribution in [0.15, 0.2) is 70.9 Å². The number of carbonyl (C=O) groups excluding carboxylic acids is 1. The number of phenolic OH excluding ortho intramolecular Hbond substituents is 1. The number of thioether (sulfide) groups is 1. The van der Waals surface area contributed by atoms with Crippen LogP contribution >= 0.6 is 35.0 Å². The molecule has 0 unspecified atom stereocenters. The highest BCUT2D eigenvalue weighted by molar-refractivity contribution is 7.99. The Morgan fingerprint density at radius 2 is 2.00 bits per heavy atom. The number of hydrazone groups is 1. The number of halogens is 2. The molecule has 40 heavy (non-hydrogen) atoms. The number of nitrogens with one attached hydrogen (secondary N) is 2. The molecular weight excluding hydrogens is 581 g/mol. The van der Waals surface area contributed by atoms with Crippen LogP contribution in [0.4, 0.5) is 11.4 Å². The molecule has 1 heterocycles. The first kappa shape index (κ1) is 28.7. The number of nitro groups is 1. The molecule has 1 aromatic heterocycles. The van der Waals surface area contributed by atoms with Crippen LogP contribution in [0.5, 0.6) is 11.5 Å². The fourth-order valence-electron chi connectivity index (χ4n) is 3.47. The fourth-order valence-corrected chi connectivity index (χ4v) is 4.72. The number of aromatic nitrogens is 3. The lowest BCUT2D eigenvalue weighted by atomic mass is 10.2. The van der Waals surface area contributed by atoms with Crippen molar-refractivity contribution in [2.75, 3.05) is 18.2 Å². The van der Waals surface area contributed by atoms with Gasteiger partial charge in [-0.2, -0.15) is 5.10 Å². The van der Waals surface area contributed by atoms with Gasteiger partial charge >= 0.3 is 0 Å². The monoisotopic (exact) mass is 601 g/mol. The van der Waals surface area contributed by atoms with Gasteiger partial charge in [0.25, 0.3) is 11.6 Å². The summed E-state index contributed by atoms with van der Waals surface area (Å²) in [7, 11) is 1.58. The van der Waals surface area contributed by atoms with Crippen molar-refractivity contribution in [3.63, 3.8) is 0 Å². The number of rotatable bonds is 11.